The van der Waals surface area contributed by atoms with Gasteiger partial charge >= 0.3 is 0 Å². The highest BCUT2D eigenvalue weighted by Gasteiger charge is 2.25. The van der Waals surface area contributed by atoms with Crippen LogP contribution in [0, 0.1) is 19.3 Å². The Kier molecular flexibility index (Phi) is 2.82. The van der Waals surface area contributed by atoms with Crippen LogP contribution in [0.1, 0.15) is 30.3 Å². The SMILES string of the molecule is C#CCn1ncc2c(Nc3cc(C4CC4)[nH]n3)nc(C)nc21. The van der Waals surface area contributed by atoms with E-state index < -0.39 is 0 Å². The lowest BCUT2D eigenvalue weighted by atomic mass is 10.3. The second-order valence-electron chi connectivity index (χ2n) is 5.47. The lowest BCUT2D eigenvalue weighted by molar-refractivity contribution is 0.731. The zero-order chi connectivity index (χ0) is 15.1. The number of anilines is 2. The number of fused-ring (bicyclic) bond motifs is 1. The molecule has 22 heavy (non-hydrogen) atoms. The molecule has 3 aromatic heterocycles. The van der Waals surface area contributed by atoms with E-state index in [1.807, 2.05) is 13.0 Å². The maximum absolute atomic E-state index is 5.36. The molecular formula is C15H15N7. The average Bonchev–Trinajstić information content (AvgIpc) is 3.12. The van der Waals surface area contributed by atoms with Gasteiger partial charge in [0.2, 0.25) is 0 Å². The van der Waals surface area contributed by atoms with Gasteiger partial charge in [0.25, 0.3) is 0 Å². The number of hydrogen-bond acceptors (Lipinski definition) is 5. The fraction of sp³-hybridized carbons (Fsp3) is 0.333. The van der Waals surface area contributed by atoms with E-state index in [1.165, 1.54) is 18.5 Å². The smallest absolute Gasteiger partial charge is 0.164 e. The summed E-state index contributed by atoms with van der Waals surface area (Å²) < 4.78 is 1.69. The summed E-state index contributed by atoms with van der Waals surface area (Å²) in [4.78, 5) is 8.88. The van der Waals surface area contributed by atoms with Crippen LogP contribution in [0.15, 0.2) is 12.3 Å². The van der Waals surface area contributed by atoms with Gasteiger partial charge in [0.1, 0.15) is 18.2 Å². The Morgan fingerprint density at radius 3 is 3.09 bits per heavy atom. The second kappa shape index (κ2) is 4.84. The summed E-state index contributed by atoms with van der Waals surface area (Å²) in [6.45, 7) is 2.23. The summed E-state index contributed by atoms with van der Waals surface area (Å²) in [6.07, 6.45) is 9.56. The van der Waals surface area contributed by atoms with Crippen LogP contribution in [0.4, 0.5) is 11.6 Å². The minimum atomic E-state index is 0.383. The highest BCUT2D eigenvalue weighted by Crippen LogP contribution is 2.39. The van der Waals surface area contributed by atoms with Crippen LogP contribution in [0.3, 0.4) is 0 Å². The summed E-state index contributed by atoms with van der Waals surface area (Å²) in [5.74, 6) is 5.32. The number of H-pyrrole nitrogens is 1. The van der Waals surface area contributed by atoms with Crippen molar-refractivity contribution in [3.8, 4) is 12.3 Å². The minimum absolute atomic E-state index is 0.383. The standard InChI is InChI=1S/C15H15N7/c1-3-6-22-15-11(8-16-22)14(17-9(2)18-15)19-13-7-12(20-21-13)10-4-5-10/h1,7-8,10H,4-6H2,2H3,(H2,17,18,19,20,21). The van der Waals surface area contributed by atoms with Crippen LogP contribution in [-0.4, -0.2) is 29.9 Å². The normalized spacial score (nSPS) is 14.2. The van der Waals surface area contributed by atoms with Gasteiger partial charge < -0.3 is 5.32 Å². The first-order chi connectivity index (χ1) is 10.7. The van der Waals surface area contributed by atoms with Crippen LogP contribution >= 0.6 is 0 Å². The lowest BCUT2D eigenvalue weighted by Gasteiger charge is -2.05. The van der Waals surface area contributed by atoms with Gasteiger partial charge in [-0.2, -0.15) is 10.2 Å². The van der Waals surface area contributed by atoms with Gasteiger partial charge in [-0.25, -0.2) is 14.6 Å². The largest absolute Gasteiger partial charge is 0.323 e. The Morgan fingerprint density at radius 2 is 2.32 bits per heavy atom. The van der Waals surface area contributed by atoms with E-state index in [0.717, 1.165) is 16.9 Å². The molecule has 7 nitrogen and oxygen atoms in total. The predicted molar refractivity (Wildman–Crippen MR) is 82.7 cm³/mol. The number of hydrogen-bond donors (Lipinski definition) is 2. The fourth-order valence-electron chi connectivity index (χ4n) is 2.49. The molecule has 1 saturated carbocycles. The number of nitrogens with zero attached hydrogens (tertiary/aromatic N) is 5. The number of rotatable bonds is 4. The molecular weight excluding hydrogens is 278 g/mol. The molecule has 3 aromatic rings. The summed E-state index contributed by atoms with van der Waals surface area (Å²) in [5, 5.41) is 15.7. The first-order valence-electron chi connectivity index (χ1n) is 7.20. The van der Waals surface area contributed by atoms with Crippen LogP contribution in [0.2, 0.25) is 0 Å². The van der Waals surface area contributed by atoms with E-state index in [4.69, 9.17) is 6.42 Å². The molecule has 0 saturated heterocycles. The number of nitrogens with one attached hydrogen (secondary N) is 2. The monoisotopic (exact) mass is 293 g/mol. The molecule has 0 amide bonds. The Bertz CT molecular complexity index is 879. The Hall–Kier alpha value is -2.88. The van der Waals surface area contributed by atoms with Crippen LogP contribution in [-0.2, 0) is 6.54 Å². The van der Waals surface area contributed by atoms with E-state index in [0.29, 0.717) is 24.1 Å². The molecule has 4 rings (SSSR count). The maximum atomic E-state index is 5.36. The van der Waals surface area contributed by atoms with Gasteiger partial charge in [0.15, 0.2) is 11.5 Å². The quantitative estimate of drug-likeness (QED) is 0.720. The van der Waals surface area contributed by atoms with Crippen molar-refractivity contribution in [3.05, 3.63) is 23.8 Å². The number of terminal acetylenes is 1. The van der Waals surface area contributed by atoms with Crippen molar-refractivity contribution in [2.24, 2.45) is 0 Å². The molecule has 0 aromatic carbocycles. The lowest BCUT2D eigenvalue weighted by Crippen LogP contribution is -2.02. The summed E-state index contributed by atoms with van der Waals surface area (Å²) >= 11 is 0. The molecule has 1 aliphatic carbocycles. The third kappa shape index (κ3) is 2.19. The second-order valence-corrected chi connectivity index (χ2v) is 5.47. The topological polar surface area (TPSA) is 84.3 Å². The van der Waals surface area contributed by atoms with Crippen molar-refractivity contribution in [3.63, 3.8) is 0 Å². The van der Waals surface area contributed by atoms with Crippen LogP contribution in [0.5, 0.6) is 0 Å². The number of aromatic amines is 1. The Morgan fingerprint density at radius 1 is 1.45 bits per heavy atom. The first-order valence-corrected chi connectivity index (χ1v) is 7.20. The van der Waals surface area contributed by atoms with Gasteiger partial charge in [-0.1, -0.05) is 5.92 Å². The first kappa shape index (κ1) is 12.8. The van der Waals surface area contributed by atoms with Crippen molar-refractivity contribution in [1.29, 1.82) is 0 Å². The van der Waals surface area contributed by atoms with Crippen LogP contribution < -0.4 is 5.32 Å². The summed E-state index contributed by atoms with van der Waals surface area (Å²) in [7, 11) is 0. The predicted octanol–water partition coefficient (Wildman–Crippen LogP) is 2.11. The van der Waals surface area contributed by atoms with Gasteiger partial charge in [-0.05, 0) is 19.8 Å². The van der Waals surface area contributed by atoms with Crippen molar-refractivity contribution >= 4 is 22.7 Å². The Balaban J connectivity index is 1.72. The van der Waals surface area contributed by atoms with Crippen molar-refractivity contribution in [2.75, 3.05) is 5.32 Å². The number of aromatic nitrogens is 6. The zero-order valence-electron chi connectivity index (χ0n) is 12.2. The van der Waals surface area contributed by atoms with Gasteiger partial charge in [0.05, 0.1) is 11.6 Å². The van der Waals surface area contributed by atoms with E-state index in [9.17, 15) is 0 Å². The average molecular weight is 293 g/mol. The highest BCUT2D eigenvalue weighted by molar-refractivity contribution is 5.88. The van der Waals surface area contributed by atoms with Gasteiger partial charge in [-0.15, -0.1) is 6.42 Å². The molecule has 0 radical (unpaired) electrons. The van der Waals surface area contributed by atoms with Crippen LogP contribution in [0.25, 0.3) is 11.0 Å². The molecule has 0 aliphatic heterocycles. The molecule has 0 bridgehead atoms. The zero-order valence-corrected chi connectivity index (χ0v) is 12.2. The molecule has 0 spiro atoms. The molecule has 0 atom stereocenters. The molecule has 1 fully saturated rings. The molecule has 1 aliphatic rings. The maximum Gasteiger partial charge on any atom is 0.164 e. The van der Waals surface area contributed by atoms with E-state index in [1.54, 1.807) is 10.9 Å². The molecule has 7 heteroatoms. The molecule has 0 unspecified atom stereocenters. The molecule has 2 N–H and O–H groups in total. The fourth-order valence-corrected chi connectivity index (χ4v) is 2.49. The van der Waals surface area contributed by atoms with E-state index in [2.05, 4.69) is 36.5 Å². The minimum Gasteiger partial charge on any atom is -0.323 e. The van der Waals surface area contributed by atoms with Gasteiger partial charge in [0, 0.05) is 17.7 Å². The number of aryl methyl sites for hydroxylation is 1. The Labute approximate surface area is 127 Å². The highest BCUT2D eigenvalue weighted by atomic mass is 15.3. The van der Waals surface area contributed by atoms with Crippen molar-refractivity contribution < 1.29 is 0 Å². The molecule has 3 heterocycles. The third-order valence-electron chi connectivity index (χ3n) is 3.71. The van der Waals surface area contributed by atoms with Crippen molar-refractivity contribution in [1.82, 2.24) is 29.9 Å². The van der Waals surface area contributed by atoms with E-state index in [-0.39, 0.29) is 0 Å². The van der Waals surface area contributed by atoms with Crippen molar-refractivity contribution in [2.45, 2.75) is 32.2 Å². The van der Waals surface area contributed by atoms with E-state index >= 15 is 0 Å². The summed E-state index contributed by atoms with van der Waals surface area (Å²) in [6, 6.07) is 2.03. The summed E-state index contributed by atoms with van der Waals surface area (Å²) in [5.41, 5.74) is 1.90. The van der Waals surface area contributed by atoms with Gasteiger partial charge in [-0.3, -0.25) is 5.10 Å². The molecule has 110 valence electrons. The third-order valence-corrected chi connectivity index (χ3v) is 3.71.